The Morgan fingerprint density at radius 3 is 2.21 bits per heavy atom. The van der Waals surface area contributed by atoms with Crippen molar-refractivity contribution in [2.75, 3.05) is 0 Å². The molecule has 19 heavy (non-hydrogen) atoms. The molecule has 0 saturated heterocycles. The van der Waals surface area contributed by atoms with E-state index in [2.05, 4.69) is 0 Å². The molecule has 0 spiro atoms. The molecule has 7 heteroatoms. The van der Waals surface area contributed by atoms with E-state index in [-0.39, 0.29) is 4.21 Å². The molecule has 0 fully saturated rings. The molecule has 0 saturated carbocycles. The van der Waals surface area contributed by atoms with Crippen molar-refractivity contribution in [1.29, 1.82) is 0 Å². The Kier molecular flexibility index (Phi) is 3.80. The second-order valence-corrected chi connectivity index (χ2v) is 6.31. The van der Waals surface area contributed by atoms with Crippen molar-refractivity contribution in [1.82, 2.24) is 0 Å². The van der Waals surface area contributed by atoms with Crippen molar-refractivity contribution < 1.29 is 21.9 Å². The first-order chi connectivity index (χ1) is 8.79. The molecule has 1 unspecified atom stereocenters. The van der Waals surface area contributed by atoms with Gasteiger partial charge in [0.1, 0.15) is 4.21 Å². The average molecular weight is 306 g/mol. The molecule has 1 aromatic heterocycles. The van der Waals surface area contributed by atoms with Crippen LogP contribution in [0.5, 0.6) is 0 Å². The summed E-state index contributed by atoms with van der Waals surface area (Å²) in [4.78, 5) is 0.789. The van der Waals surface area contributed by atoms with Gasteiger partial charge in [-0.3, -0.25) is 0 Å². The van der Waals surface area contributed by atoms with Crippen LogP contribution in [0.2, 0.25) is 0 Å². The molecule has 0 bridgehead atoms. The van der Waals surface area contributed by atoms with Crippen molar-refractivity contribution in [3.63, 3.8) is 0 Å². The number of aryl methyl sites for hydroxylation is 1. The molecule has 2 aromatic rings. The lowest BCUT2D eigenvalue weighted by Gasteiger charge is -2.07. The summed E-state index contributed by atoms with van der Waals surface area (Å²) in [5.74, 6) is 0. The minimum absolute atomic E-state index is 0.285. The molecule has 0 radical (unpaired) electrons. The summed E-state index contributed by atoms with van der Waals surface area (Å²) in [5, 5.41) is 0. The lowest BCUT2D eigenvalue weighted by molar-refractivity contribution is -0.137. The Labute approximate surface area is 114 Å². The number of rotatable bonds is 2. The summed E-state index contributed by atoms with van der Waals surface area (Å²) in [7, 11) is 0. The lowest BCUT2D eigenvalue weighted by atomic mass is 10.0. The van der Waals surface area contributed by atoms with E-state index in [9.17, 15) is 17.4 Å². The first-order valence-corrected chi connectivity index (χ1v) is 7.10. The Bertz CT molecular complexity index is 615. The maximum absolute atomic E-state index is 12.4. The fraction of sp³-hybridized carbons (Fsp3) is 0.167. The van der Waals surface area contributed by atoms with Gasteiger partial charge in [0.25, 0.3) is 0 Å². The van der Waals surface area contributed by atoms with E-state index in [0.717, 1.165) is 28.3 Å². The summed E-state index contributed by atoms with van der Waals surface area (Å²) >= 11 is -0.917. The molecule has 0 aliphatic rings. The van der Waals surface area contributed by atoms with E-state index in [1.165, 1.54) is 18.2 Å². The van der Waals surface area contributed by atoms with Crippen LogP contribution in [0, 0.1) is 6.92 Å². The Morgan fingerprint density at radius 1 is 1.21 bits per heavy atom. The third-order valence-corrected chi connectivity index (χ3v) is 4.58. The molecule has 1 N–H and O–H groups in total. The second-order valence-electron chi connectivity index (χ2n) is 3.86. The van der Waals surface area contributed by atoms with Crippen LogP contribution in [0.4, 0.5) is 13.2 Å². The zero-order valence-electron chi connectivity index (χ0n) is 9.69. The van der Waals surface area contributed by atoms with Crippen LogP contribution in [0.3, 0.4) is 0 Å². The number of alkyl halides is 3. The normalized spacial score (nSPS) is 13.5. The first-order valence-electron chi connectivity index (χ1n) is 5.18. The molecule has 2 nitrogen and oxygen atoms in total. The number of halogens is 3. The molecule has 1 atom stereocenters. The zero-order chi connectivity index (χ0) is 14.2. The smallest absolute Gasteiger partial charge is 0.302 e. The van der Waals surface area contributed by atoms with Crippen LogP contribution in [-0.2, 0) is 17.3 Å². The van der Waals surface area contributed by atoms with Crippen molar-refractivity contribution in [3.8, 4) is 11.1 Å². The van der Waals surface area contributed by atoms with Gasteiger partial charge in [-0.25, -0.2) is 4.21 Å². The molecule has 0 aliphatic carbocycles. The maximum atomic E-state index is 12.4. The molecular formula is C12H9F3O2S2. The van der Waals surface area contributed by atoms with Gasteiger partial charge < -0.3 is 4.55 Å². The highest BCUT2D eigenvalue weighted by atomic mass is 32.2. The van der Waals surface area contributed by atoms with Crippen molar-refractivity contribution >= 4 is 22.4 Å². The van der Waals surface area contributed by atoms with Gasteiger partial charge >= 0.3 is 6.18 Å². The summed E-state index contributed by atoms with van der Waals surface area (Å²) in [5.41, 5.74) is 0.560. The van der Waals surface area contributed by atoms with Crippen LogP contribution in [0.25, 0.3) is 11.1 Å². The number of benzene rings is 1. The molecule has 0 amide bonds. The number of hydrogen-bond donors (Lipinski definition) is 1. The SMILES string of the molecule is Cc1sc(S(=O)O)cc1-c1ccc(C(F)(F)F)cc1. The molecule has 0 aliphatic heterocycles. The summed E-state index contributed by atoms with van der Waals surface area (Å²) in [6.45, 7) is 1.76. The van der Waals surface area contributed by atoms with E-state index in [0.29, 0.717) is 11.1 Å². The second kappa shape index (κ2) is 5.07. The molecule has 1 heterocycles. The topological polar surface area (TPSA) is 37.3 Å². The predicted molar refractivity (Wildman–Crippen MR) is 68.5 cm³/mol. The summed E-state index contributed by atoms with van der Waals surface area (Å²) in [6, 6.07) is 6.26. The number of hydrogen-bond acceptors (Lipinski definition) is 2. The highest BCUT2D eigenvalue weighted by molar-refractivity contribution is 7.81. The average Bonchev–Trinajstić information content (AvgIpc) is 2.70. The molecule has 1 aromatic carbocycles. The van der Waals surface area contributed by atoms with E-state index in [1.807, 2.05) is 0 Å². The van der Waals surface area contributed by atoms with E-state index < -0.39 is 22.8 Å². The predicted octanol–water partition coefficient (Wildman–Crippen LogP) is 4.32. The highest BCUT2D eigenvalue weighted by Crippen LogP contribution is 2.35. The van der Waals surface area contributed by atoms with Gasteiger partial charge in [0.2, 0.25) is 0 Å². The van der Waals surface area contributed by atoms with Gasteiger partial charge in [-0.05, 0) is 36.2 Å². The van der Waals surface area contributed by atoms with E-state index in [4.69, 9.17) is 4.55 Å². The van der Waals surface area contributed by atoms with Gasteiger partial charge in [-0.1, -0.05) is 12.1 Å². The van der Waals surface area contributed by atoms with E-state index >= 15 is 0 Å². The number of thiophene rings is 1. The van der Waals surface area contributed by atoms with Crippen LogP contribution in [-0.4, -0.2) is 8.76 Å². The Hall–Kier alpha value is -1.18. The van der Waals surface area contributed by atoms with Gasteiger partial charge in [0, 0.05) is 4.88 Å². The van der Waals surface area contributed by atoms with Crippen molar-refractivity contribution in [2.45, 2.75) is 17.3 Å². The highest BCUT2D eigenvalue weighted by Gasteiger charge is 2.30. The molecular weight excluding hydrogens is 297 g/mol. The third-order valence-electron chi connectivity index (χ3n) is 2.59. The summed E-state index contributed by atoms with van der Waals surface area (Å²) < 4.78 is 57.6. The lowest BCUT2D eigenvalue weighted by Crippen LogP contribution is -2.03. The van der Waals surface area contributed by atoms with Gasteiger partial charge in [0.15, 0.2) is 11.1 Å². The third kappa shape index (κ3) is 3.05. The quantitative estimate of drug-likeness (QED) is 0.839. The van der Waals surface area contributed by atoms with Gasteiger partial charge in [-0.2, -0.15) is 13.2 Å². The zero-order valence-corrected chi connectivity index (χ0v) is 11.3. The van der Waals surface area contributed by atoms with Crippen LogP contribution >= 0.6 is 11.3 Å². The first kappa shape index (κ1) is 14.2. The van der Waals surface area contributed by atoms with Gasteiger partial charge in [0.05, 0.1) is 5.56 Å². The molecule has 102 valence electrons. The fourth-order valence-corrected chi connectivity index (χ4v) is 3.31. The van der Waals surface area contributed by atoms with Gasteiger partial charge in [-0.15, -0.1) is 11.3 Å². The fourth-order valence-electron chi connectivity index (χ4n) is 1.67. The summed E-state index contributed by atoms with van der Waals surface area (Å²) in [6.07, 6.45) is -4.36. The van der Waals surface area contributed by atoms with Crippen LogP contribution < -0.4 is 0 Å². The van der Waals surface area contributed by atoms with Crippen molar-refractivity contribution in [3.05, 3.63) is 40.8 Å². The van der Waals surface area contributed by atoms with Crippen molar-refractivity contribution in [2.24, 2.45) is 0 Å². The van der Waals surface area contributed by atoms with Crippen LogP contribution in [0.1, 0.15) is 10.4 Å². The minimum Gasteiger partial charge on any atom is -0.302 e. The molecule has 2 rings (SSSR count). The van der Waals surface area contributed by atoms with E-state index in [1.54, 1.807) is 6.92 Å². The maximum Gasteiger partial charge on any atom is 0.416 e. The van der Waals surface area contributed by atoms with Crippen LogP contribution in [0.15, 0.2) is 34.5 Å². The Morgan fingerprint density at radius 2 is 1.79 bits per heavy atom. The minimum atomic E-state index is -4.36. The Balaban J connectivity index is 2.40. The standard InChI is InChI=1S/C12H9F3O2S2/c1-7-10(6-11(18-7)19(16)17)8-2-4-9(5-3-8)12(13,14)15/h2-6H,1H3,(H,16,17). The monoisotopic (exact) mass is 306 g/mol. The largest absolute Gasteiger partial charge is 0.416 e.